The molecule has 0 spiro atoms. The summed E-state index contributed by atoms with van der Waals surface area (Å²) in [5.41, 5.74) is 2.03. The first-order valence-electron chi connectivity index (χ1n) is 9.75. The number of piperazine rings is 1. The predicted octanol–water partition coefficient (Wildman–Crippen LogP) is 2.66. The minimum atomic E-state index is -0.0301. The van der Waals surface area contributed by atoms with E-state index in [9.17, 15) is 4.79 Å². The van der Waals surface area contributed by atoms with Crippen LogP contribution >= 0.6 is 11.6 Å². The van der Waals surface area contributed by atoms with Crippen molar-refractivity contribution in [3.8, 4) is 11.6 Å². The number of hydrogen-bond donors (Lipinski definition) is 0. The molecule has 0 atom stereocenters. The van der Waals surface area contributed by atoms with Gasteiger partial charge in [-0.25, -0.2) is 15.0 Å². The summed E-state index contributed by atoms with van der Waals surface area (Å²) in [7, 11) is 0. The highest BCUT2D eigenvalue weighted by molar-refractivity contribution is 6.30. The van der Waals surface area contributed by atoms with Crippen molar-refractivity contribution in [2.45, 2.75) is 13.8 Å². The standard InChI is InChI=1S/C21H23ClN6O2/c1-15-16(2)28(14-25-15)20-11-19(23-13-24-20)26-7-9-27(10-8-26)21(29)12-30-18-5-3-17(22)4-6-18/h3-6,11,13-14H,7-10,12H2,1-2H3. The number of nitrogens with zero attached hydrogens (tertiary/aromatic N) is 6. The van der Waals surface area contributed by atoms with Gasteiger partial charge in [0, 0.05) is 43.0 Å². The Labute approximate surface area is 180 Å². The summed E-state index contributed by atoms with van der Waals surface area (Å²) in [5.74, 6) is 2.23. The van der Waals surface area contributed by atoms with E-state index in [1.54, 1.807) is 36.9 Å². The summed E-state index contributed by atoms with van der Waals surface area (Å²) in [6.07, 6.45) is 3.34. The topological polar surface area (TPSA) is 76.4 Å². The first-order chi connectivity index (χ1) is 14.5. The van der Waals surface area contributed by atoms with Gasteiger partial charge in [0.1, 0.15) is 30.0 Å². The number of imidazole rings is 1. The van der Waals surface area contributed by atoms with Crippen LogP contribution in [0.5, 0.6) is 5.75 Å². The van der Waals surface area contributed by atoms with E-state index in [0.29, 0.717) is 37.0 Å². The lowest BCUT2D eigenvalue weighted by molar-refractivity contribution is -0.133. The molecule has 1 fully saturated rings. The van der Waals surface area contributed by atoms with Crippen LogP contribution in [0.1, 0.15) is 11.4 Å². The summed E-state index contributed by atoms with van der Waals surface area (Å²) in [6.45, 7) is 6.63. The van der Waals surface area contributed by atoms with Crippen LogP contribution in [0.3, 0.4) is 0 Å². The maximum Gasteiger partial charge on any atom is 0.260 e. The Bertz CT molecular complexity index is 1030. The Hall–Kier alpha value is -3.13. The van der Waals surface area contributed by atoms with Gasteiger partial charge in [-0.1, -0.05) is 11.6 Å². The van der Waals surface area contributed by atoms with Gasteiger partial charge < -0.3 is 14.5 Å². The van der Waals surface area contributed by atoms with E-state index in [1.165, 1.54) is 0 Å². The molecule has 0 unspecified atom stereocenters. The molecule has 30 heavy (non-hydrogen) atoms. The minimum Gasteiger partial charge on any atom is -0.484 e. The molecule has 3 aromatic rings. The van der Waals surface area contributed by atoms with Gasteiger partial charge in [0.05, 0.1) is 5.69 Å². The number of aromatic nitrogens is 4. The van der Waals surface area contributed by atoms with Crippen molar-refractivity contribution in [2.24, 2.45) is 0 Å². The molecular weight excluding hydrogens is 404 g/mol. The highest BCUT2D eigenvalue weighted by Gasteiger charge is 2.22. The lowest BCUT2D eigenvalue weighted by atomic mass is 10.3. The Balaban J connectivity index is 1.34. The van der Waals surface area contributed by atoms with Crippen molar-refractivity contribution in [3.05, 3.63) is 59.4 Å². The van der Waals surface area contributed by atoms with Crippen LogP contribution in [0.4, 0.5) is 5.82 Å². The van der Waals surface area contributed by atoms with E-state index in [4.69, 9.17) is 16.3 Å². The fraction of sp³-hybridized carbons (Fsp3) is 0.333. The van der Waals surface area contributed by atoms with Crippen molar-refractivity contribution >= 4 is 23.3 Å². The second-order valence-corrected chi connectivity index (χ2v) is 7.57. The molecule has 0 bridgehead atoms. The monoisotopic (exact) mass is 426 g/mol. The third-order valence-electron chi connectivity index (χ3n) is 5.27. The molecular formula is C21H23ClN6O2. The number of ether oxygens (including phenoxy) is 1. The van der Waals surface area contributed by atoms with Crippen molar-refractivity contribution in [1.29, 1.82) is 0 Å². The molecule has 1 amide bonds. The zero-order valence-corrected chi connectivity index (χ0v) is 17.7. The maximum absolute atomic E-state index is 12.5. The maximum atomic E-state index is 12.5. The summed E-state index contributed by atoms with van der Waals surface area (Å²) in [5, 5.41) is 0.635. The van der Waals surface area contributed by atoms with Gasteiger partial charge in [-0.15, -0.1) is 0 Å². The highest BCUT2D eigenvalue weighted by atomic mass is 35.5. The van der Waals surface area contributed by atoms with Gasteiger partial charge in [0.15, 0.2) is 6.61 Å². The van der Waals surface area contributed by atoms with Crippen molar-refractivity contribution in [2.75, 3.05) is 37.7 Å². The quantitative estimate of drug-likeness (QED) is 0.624. The summed E-state index contributed by atoms with van der Waals surface area (Å²) < 4.78 is 7.53. The first-order valence-corrected chi connectivity index (χ1v) is 10.1. The third-order valence-corrected chi connectivity index (χ3v) is 5.52. The number of rotatable bonds is 5. The molecule has 8 nitrogen and oxygen atoms in total. The van der Waals surface area contributed by atoms with Gasteiger partial charge in [0.2, 0.25) is 0 Å². The van der Waals surface area contributed by atoms with Crippen LogP contribution in [-0.4, -0.2) is 63.1 Å². The van der Waals surface area contributed by atoms with E-state index >= 15 is 0 Å². The molecule has 4 rings (SSSR count). The molecule has 1 aromatic carbocycles. The number of amides is 1. The fourth-order valence-electron chi connectivity index (χ4n) is 3.32. The van der Waals surface area contributed by atoms with E-state index in [0.717, 1.165) is 23.0 Å². The van der Waals surface area contributed by atoms with Crippen LogP contribution in [0.25, 0.3) is 5.82 Å². The first kappa shape index (κ1) is 20.2. The Morgan fingerprint density at radius 2 is 1.73 bits per heavy atom. The molecule has 0 saturated carbocycles. The molecule has 1 saturated heterocycles. The summed E-state index contributed by atoms with van der Waals surface area (Å²) in [4.78, 5) is 29.6. The number of aryl methyl sites for hydroxylation is 1. The van der Waals surface area contributed by atoms with Crippen molar-refractivity contribution in [3.63, 3.8) is 0 Å². The molecule has 3 heterocycles. The summed E-state index contributed by atoms with van der Waals surface area (Å²) >= 11 is 5.86. The number of hydrogen-bond acceptors (Lipinski definition) is 6. The van der Waals surface area contributed by atoms with Gasteiger partial charge in [-0.05, 0) is 38.1 Å². The third kappa shape index (κ3) is 4.38. The van der Waals surface area contributed by atoms with Crippen LogP contribution in [-0.2, 0) is 4.79 Å². The largest absolute Gasteiger partial charge is 0.484 e. The smallest absolute Gasteiger partial charge is 0.260 e. The molecule has 1 aliphatic heterocycles. The highest BCUT2D eigenvalue weighted by Crippen LogP contribution is 2.19. The lowest BCUT2D eigenvalue weighted by Crippen LogP contribution is -2.50. The Morgan fingerprint density at radius 1 is 1.03 bits per heavy atom. The van der Waals surface area contributed by atoms with Gasteiger partial charge in [-0.3, -0.25) is 9.36 Å². The van der Waals surface area contributed by atoms with Crippen LogP contribution in [0, 0.1) is 13.8 Å². The molecule has 0 N–H and O–H groups in total. The van der Waals surface area contributed by atoms with Crippen molar-refractivity contribution < 1.29 is 9.53 Å². The zero-order valence-electron chi connectivity index (χ0n) is 17.0. The van der Waals surface area contributed by atoms with Gasteiger partial charge >= 0.3 is 0 Å². The molecule has 0 aliphatic carbocycles. The SMILES string of the molecule is Cc1ncn(-c2cc(N3CCN(C(=O)COc4ccc(Cl)cc4)CC3)ncn2)c1C. The molecule has 2 aromatic heterocycles. The van der Waals surface area contributed by atoms with E-state index in [1.807, 2.05) is 29.4 Å². The Kier molecular flexibility index (Phi) is 5.85. The molecule has 9 heteroatoms. The van der Waals surface area contributed by atoms with Crippen LogP contribution in [0.2, 0.25) is 5.02 Å². The number of anilines is 1. The van der Waals surface area contributed by atoms with E-state index < -0.39 is 0 Å². The molecule has 156 valence electrons. The second kappa shape index (κ2) is 8.71. The van der Waals surface area contributed by atoms with E-state index in [2.05, 4.69) is 19.9 Å². The second-order valence-electron chi connectivity index (χ2n) is 7.13. The Morgan fingerprint density at radius 3 is 2.40 bits per heavy atom. The van der Waals surface area contributed by atoms with Gasteiger partial charge in [0.25, 0.3) is 5.91 Å². The van der Waals surface area contributed by atoms with E-state index in [-0.39, 0.29) is 12.5 Å². The lowest BCUT2D eigenvalue weighted by Gasteiger charge is -2.35. The van der Waals surface area contributed by atoms with Crippen LogP contribution < -0.4 is 9.64 Å². The van der Waals surface area contributed by atoms with Gasteiger partial charge in [-0.2, -0.15) is 0 Å². The van der Waals surface area contributed by atoms with Crippen LogP contribution in [0.15, 0.2) is 43.0 Å². The summed E-state index contributed by atoms with van der Waals surface area (Å²) in [6, 6.07) is 8.94. The number of carbonyl (C=O) groups excluding carboxylic acids is 1. The normalized spacial score (nSPS) is 14.1. The average molecular weight is 427 g/mol. The van der Waals surface area contributed by atoms with Crippen molar-refractivity contribution in [1.82, 2.24) is 24.4 Å². The number of carbonyl (C=O) groups is 1. The number of benzene rings is 1. The fourth-order valence-corrected chi connectivity index (χ4v) is 3.45. The predicted molar refractivity (Wildman–Crippen MR) is 114 cm³/mol. The molecule has 1 aliphatic rings. The average Bonchev–Trinajstić information content (AvgIpc) is 3.11. The minimum absolute atomic E-state index is 0.0124. The molecule has 0 radical (unpaired) electrons. The zero-order chi connectivity index (χ0) is 21.1. The number of halogens is 1.